The van der Waals surface area contributed by atoms with E-state index in [0.717, 1.165) is 0 Å². The number of rotatable bonds is 0. The third-order valence-corrected chi connectivity index (χ3v) is 2.26. The minimum Gasteiger partial charge on any atom is -0.340 e. The first kappa shape index (κ1) is 23.9. The summed E-state index contributed by atoms with van der Waals surface area (Å²) in [5.74, 6) is -0.0833. The van der Waals surface area contributed by atoms with Crippen LogP contribution in [-0.2, 0) is 37.5 Å². The Morgan fingerprint density at radius 3 is 2.00 bits per heavy atom. The summed E-state index contributed by atoms with van der Waals surface area (Å²) < 4.78 is 1.37. The fourth-order valence-corrected chi connectivity index (χ4v) is 1.70. The third kappa shape index (κ3) is 15.8. The molecule has 2 rings (SSSR count). The van der Waals surface area contributed by atoms with E-state index < -0.39 is 0 Å². The van der Waals surface area contributed by atoms with Gasteiger partial charge in [-0.05, 0) is 35.6 Å². The van der Waals surface area contributed by atoms with Gasteiger partial charge in [-0.1, -0.05) is 52.3 Å². The van der Waals surface area contributed by atoms with Crippen LogP contribution in [0.15, 0.2) is 35.7 Å². The van der Waals surface area contributed by atoms with E-state index >= 15 is 0 Å². The van der Waals surface area contributed by atoms with Gasteiger partial charge in [0.15, 0.2) is 0 Å². The van der Waals surface area contributed by atoms with Crippen LogP contribution >= 0.6 is 11.3 Å². The first-order valence-corrected chi connectivity index (χ1v) is 7.24. The van der Waals surface area contributed by atoms with E-state index in [1.165, 1.54) is 23.4 Å². The largest absolute Gasteiger partial charge is 0.340 e. The van der Waals surface area contributed by atoms with Crippen molar-refractivity contribution in [3.05, 3.63) is 42.6 Å². The number of carbonyl (C=O) groups excluding carboxylic acids is 1. The predicted molar refractivity (Wildman–Crippen MR) is 85.2 cm³/mol. The Morgan fingerprint density at radius 1 is 1.16 bits per heavy atom. The molecule has 19 heavy (non-hydrogen) atoms. The molecule has 0 atom stereocenters. The van der Waals surface area contributed by atoms with E-state index in [-0.39, 0.29) is 38.5 Å². The van der Waals surface area contributed by atoms with E-state index in [0.29, 0.717) is 0 Å². The summed E-state index contributed by atoms with van der Waals surface area (Å²) in [6.07, 6.45) is 1.25. The van der Waals surface area contributed by atoms with Crippen molar-refractivity contribution in [2.24, 2.45) is 0 Å². The van der Waals surface area contributed by atoms with Gasteiger partial charge in [0.2, 0.25) is 0 Å². The Labute approximate surface area is 147 Å². The van der Waals surface area contributed by atoms with E-state index in [2.05, 4.69) is 56.5 Å². The molecule has 0 N–H and O–H groups in total. The second-order valence-corrected chi connectivity index (χ2v) is 4.32. The molecule has 0 saturated heterocycles. The molecule has 1 heterocycles. The molecule has 3 heteroatoms. The topological polar surface area (TPSA) is 17.1 Å². The third-order valence-electron chi connectivity index (χ3n) is 1.36. The number of ketones is 1. The van der Waals surface area contributed by atoms with Gasteiger partial charge in [-0.2, -0.15) is 0 Å². The van der Waals surface area contributed by atoms with Gasteiger partial charge in [-0.15, -0.1) is 11.3 Å². The number of carbonyl (C=O) groups is 1. The number of fused-ring (bicyclic) bond motifs is 1. The molecule has 0 fully saturated rings. The Bertz CT molecular complexity index is 376. The monoisotopic (exact) mass is 354 g/mol. The summed E-state index contributed by atoms with van der Waals surface area (Å²) in [7, 11) is 0. The molecule has 1 aromatic carbocycles. The fraction of sp³-hybridized carbons (Fsp3) is 0.375. The van der Waals surface area contributed by atoms with Crippen LogP contribution in [0.3, 0.4) is 0 Å². The van der Waals surface area contributed by atoms with Crippen molar-refractivity contribution >= 4 is 27.2 Å². The molecular weight excluding hydrogens is 329 g/mol. The quantitative estimate of drug-likeness (QED) is 0.551. The maximum absolute atomic E-state index is 9.33. The maximum atomic E-state index is 9.33. The van der Waals surface area contributed by atoms with E-state index in [1.54, 1.807) is 11.3 Å². The zero-order valence-electron chi connectivity index (χ0n) is 12.8. The van der Waals surface area contributed by atoms with E-state index in [4.69, 9.17) is 0 Å². The molecule has 0 unspecified atom stereocenters. The van der Waals surface area contributed by atoms with Crippen LogP contribution in [0.4, 0.5) is 0 Å². The molecular formula is C16H25OSY-. The van der Waals surface area contributed by atoms with Gasteiger partial charge in [-0.25, -0.2) is 0 Å². The first-order valence-electron chi connectivity index (χ1n) is 6.36. The number of benzene rings is 1. The average Bonchev–Trinajstić information content (AvgIpc) is 2.80. The number of hydrogen-bond acceptors (Lipinski definition) is 2. The fourth-order valence-electron chi connectivity index (χ4n) is 0.906. The second-order valence-electron chi connectivity index (χ2n) is 3.37. The molecule has 0 aliphatic carbocycles. The van der Waals surface area contributed by atoms with Crippen molar-refractivity contribution in [1.29, 1.82) is 0 Å². The minimum absolute atomic E-state index is 0. The SMILES string of the molecule is CC.CCC.[CH2-]C(C)=O.[Y].c1ccc2sccc2c1. The number of Topliss-reactive ketones (excluding diaryl/α,β-unsaturated/α-hetero) is 1. The van der Waals surface area contributed by atoms with Gasteiger partial charge in [0.1, 0.15) is 0 Å². The van der Waals surface area contributed by atoms with E-state index in [9.17, 15) is 4.79 Å². The normalized spacial score (nSPS) is 7.42. The van der Waals surface area contributed by atoms with Gasteiger partial charge in [0.05, 0.1) is 0 Å². The summed E-state index contributed by atoms with van der Waals surface area (Å²) in [5, 5.41) is 3.47. The van der Waals surface area contributed by atoms with Crippen LogP contribution in [0.1, 0.15) is 41.0 Å². The smallest absolute Gasteiger partial charge is 0.0342 e. The van der Waals surface area contributed by atoms with Crippen molar-refractivity contribution in [1.82, 2.24) is 0 Å². The summed E-state index contributed by atoms with van der Waals surface area (Å²) in [6, 6.07) is 10.5. The van der Waals surface area contributed by atoms with Crippen LogP contribution in [-0.4, -0.2) is 5.78 Å². The van der Waals surface area contributed by atoms with Crippen LogP contribution in [0.5, 0.6) is 0 Å². The first-order chi connectivity index (χ1) is 8.61. The van der Waals surface area contributed by atoms with Gasteiger partial charge < -0.3 is 11.7 Å². The van der Waals surface area contributed by atoms with Crippen molar-refractivity contribution < 1.29 is 37.5 Å². The molecule has 1 aromatic heterocycles. The molecule has 0 saturated carbocycles. The van der Waals surface area contributed by atoms with Crippen LogP contribution < -0.4 is 0 Å². The Balaban J connectivity index is -0.000000221. The second kappa shape index (κ2) is 17.8. The molecule has 1 radical (unpaired) electrons. The summed E-state index contributed by atoms with van der Waals surface area (Å²) >= 11 is 1.79. The Hall–Kier alpha value is -0.176. The Kier molecular flexibility index (Phi) is 22.4. The van der Waals surface area contributed by atoms with Crippen LogP contribution in [0.25, 0.3) is 10.1 Å². The van der Waals surface area contributed by atoms with Crippen LogP contribution in [0, 0.1) is 6.92 Å². The molecule has 0 aliphatic heterocycles. The summed E-state index contributed by atoms with van der Waals surface area (Å²) in [5.41, 5.74) is 0. The van der Waals surface area contributed by atoms with Crippen molar-refractivity contribution in [3.8, 4) is 0 Å². The van der Waals surface area contributed by atoms with Gasteiger partial charge >= 0.3 is 0 Å². The minimum atomic E-state index is -0.0833. The number of thiophene rings is 1. The van der Waals surface area contributed by atoms with E-state index in [1.807, 2.05) is 13.8 Å². The number of hydrogen-bond donors (Lipinski definition) is 0. The van der Waals surface area contributed by atoms with Crippen molar-refractivity contribution in [2.75, 3.05) is 0 Å². The maximum Gasteiger partial charge on any atom is 0.0342 e. The molecule has 0 spiro atoms. The summed E-state index contributed by atoms with van der Waals surface area (Å²) in [6.45, 7) is 12.7. The average molecular weight is 354 g/mol. The molecule has 0 amide bonds. The van der Waals surface area contributed by atoms with Gasteiger partial charge in [-0.3, -0.25) is 0 Å². The van der Waals surface area contributed by atoms with Gasteiger partial charge in [0.25, 0.3) is 0 Å². The van der Waals surface area contributed by atoms with Crippen molar-refractivity contribution in [3.63, 3.8) is 0 Å². The predicted octanol–water partition coefficient (Wildman–Crippen LogP) is 5.75. The molecule has 105 valence electrons. The summed E-state index contributed by atoms with van der Waals surface area (Å²) in [4.78, 5) is 9.33. The van der Waals surface area contributed by atoms with Gasteiger partial charge in [0, 0.05) is 37.4 Å². The zero-order valence-corrected chi connectivity index (χ0v) is 16.4. The molecule has 1 nitrogen and oxygen atoms in total. The molecule has 0 bridgehead atoms. The zero-order chi connectivity index (χ0) is 14.4. The molecule has 2 aromatic rings. The molecule has 0 aliphatic rings. The van der Waals surface area contributed by atoms with Crippen LogP contribution in [0.2, 0.25) is 0 Å². The standard InChI is InChI=1S/C8H6S.C3H5O.C3H8.C2H6.Y/c1-2-4-8-7(3-1)5-6-9-8;1-3(2)4;1-3-2;1-2;/h1-6H;1H2,2H3;3H2,1-2H3;1-2H3;/q;-1;;;. The van der Waals surface area contributed by atoms with Crippen molar-refractivity contribution in [2.45, 2.75) is 41.0 Å². The Morgan fingerprint density at radius 2 is 1.58 bits per heavy atom.